The van der Waals surface area contributed by atoms with E-state index in [0.29, 0.717) is 5.11 Å². The zero-order valence-corrected chi connectivity index (χ0v) is 14.2. The van der Waals surface area contributed by atoms with E-state index in [1.54, 1.807) is 11.3 Å². The largest absolute Gasteiger partial charge is 0.361 e. The zero-order chi connectivity index (χ0) is 15.4. The molecule has 2 aromatic rings. The van der Waals surface area contributed by atoms with Gasteiger partial charge in [-0.3, -0.25) is 0 Å². The minimum atomic E-state index is 0.201. The molecular formula is C17H19N3S2. The lowest BCUT2D eigenvalue weighted by molar-refractivity contribution is 0.369. The van der Waals surface area contributed by atoms with Crippen LogP contribution in [0.15, 0.2) is 52.9 Å². The number of nitrogens with one attached hydrogen (secondary N) is 1. The summed E-state index contributed by atoms with van der Waals surface area (Å²) in [5, 5.41) is 12.9. The highest BCUT2D eigenvalue weighted by Crippen LogP contribution is 2.35. The third-order valence-electron chi connectivity index (χ3n) is 3.62. The number of thiocarbonyl (C=S) groups is 1. The first-order valence-corrected chi connectivity index (χ1v) is 8.81. The summed E-state index contributed by atoms with van der Waals surface area (Å²) >= 11 is 7.31. The molecule has 1 N–H and O–H groups in total. The van der Waals surface area contributed by atoms with Crippen molar-refractivity contribution in [3.05, 3.63) is 58.3 Å². The van der Waals surface area contributed by atoms with Crippen molar-refractivity contribution in [2.45, 2.75) is 25.8 Å². The van der Waals surface area contributed by atoms with Crippen LogP contribution in [-0.4, -0.2) is 22.4 Å². The van der Waals surface area contributed by atoms with Crippen molar-refractivity contribution in [3.8, 4) is 0 Å². The SMILES string of the molecule is CCCNC(=S)N1N=C(c2ccccc2)CC1c1cccs1. The van der Waals surface area contributed by atoms with Gasteiger partial charge in [0.25, 0.3) is 0 Å². The number of thiophene rings is 1. The van der Waals surface area contributed by atoms with E-state index in [1.165, 1.54) is 10.4 Å². The van der Waals surface area contributed by atoms with E-state index in [0.717, 1.165) is 25.1 Å². The maximum atomic E-state index is 5.55. The van der Waals surface area contributed by atoms with E-state index in [9.17, 15) is 0 Å². The Morgan fingerprint density at radius 3 is 2.82 bits per heavy atom. The highest BCUT2D eigenvalue weighted by atomic mass is 32.1. The quantitative estimate of drug-likeness (QED) is 0.853. The molecular weight excluding hydrogens is 310 g/mol. The van der Waals surface area contributed by atoms with Gasteiger partial charge in [0.05, 0.1) is 11.8 Å². The molecule has 0 spiro atoms. The molecule has 114 valence electrons. The Balaban J connectivity index is 1.87. The Kier molecular flexibility index (Phi) is 4.85. The maximum absolute atomic E-state index is 5.55. The minimum absolute atomic E-state index is 0.201. The normalized spacial score (nSPS) is 17.4. The molecule has 0 radical (unpaired) electrons. The summed E-state index contributed by atoms with van der Waals surface area (Å²) < 4.78 is 0. The Labute approximate surface area is 140 Å². The van der Waals surface area contributed by atoms with E-state index in [4.69, 9.17) is 17.3 Å². The van der Waals surface area contributed by atoms with E-state index >= 15 is 0 Å². The standard InChI is InChI=1S/C17H19N3S2/c1-2-10-18-17(21)20-15(16-9-6-11-22-16)12-14(19-20)13-7-4-3-5-8-13/h3-9,11,15H,2,10,12H2,1H3,(H,18,21). The van der Waals surface area contributed by atoms with Crippen LogP contribution in [0.1, 0.15) is 36.2 Å². The van der Waals surface area contributed by atoms with Crippen LogP contribution in [0.3, 0.4) is 0 Å². The highest BCUT2D eigenvalue weighted by Gasteiger charge is 2.31. The van der Waals surface area contributed by atoms with Gasteiger partial charge in [-0.15, -0.1) is 11.3 Å². The fraction of sp³-hybridized carbons (Fsp3) is 0.294. The van der Waals surface area contributed by atoms with E-state index in [2.05, 4.69) is 41.9 Å². The lowest BCUT2D eigenvalue weighted by atomic mass is 10.0. The number of nitrogens with zero attached hydrogens (tertiary/aromatic N) is 2. The van der Waals surface area contributed by atoms with Crippen LogP contribution in [0.4, 0.5) is 0 Å². The predicted octanol–water partition coefficient (Wildman–Crippen LogP) is 4.18. The molecule has 1 aromatic carbocycles. The smallest absolute Gasteiger partial charge is 0.190 e. The first-order chi connectivity index (χ1) is 10.8. The molecule has 1 aliphatic heterocycles. The van der Waals surface area contributed by atoms with Gasteiger partial charge in [0.1, 0.15) is 0 Å². The molecule has 1 atom stereocenters. The summed E-state index contributed by atoms with van der Waals surface area (Å²) in [4.78, 5) is 1.30. The summed E-state index contributed by atoms with van der Waals surface area (Å²) in [5.74, 6) is 0. The van der Waals surface area contributed by atoms with Crippen LogP contribution in [0, 0.1) is 0 Å². The Bertz CT molecular complexity index is 650. The van der Waals surface area contributed by atoms with Crippen molar-refractivity contribution in [2.75, 3.05) is 6.54 Å². The molecule has 1 aliphatic rings. The Morgan fingerprint density at radius 1 is 1.32 bits per heavy atom. The van der Waals surface area contributed by atoms with Crippen LogP contribution in [0.2, 0.25) is 0 Å². The van der Waals surface area contributed by atoms with Crippen molar-refractivity contribution >= 4 is 34.4 Å². The second-order valence-electron chi connectivity index (χ2n) is 5.22. The molecule has 3 nitrogen and oxygen atoms in total. The monoisotopic (exact) mass is 329 g/mol. The first-order valence-electron chi connectivity index (χ1n) is 7.53. The fourth-order valence-corrected chi connectivity index (χ4v) is 3.60. The van der Waals surface area contributed by atoms with Crippen LogP contribution in [0.5, 0.6) is 0 Å². The maximum Gasteiger partial charge on any atom is 0.190 e. The number of rotatable bonds is 4. The van der Waals surface area contributed by atoms with Crippen LogP contribution in [0.25, 0.3) is 0 Å². The summed E-state index contributed by atoms with van der Waals surface area (Å²) in [6, 6.07) is 14.8. The molecule has 1 unspecified atom stereocenters. The van der Waals surface area contributed by atoms with Gasteiger partial charge in [-0.05, 0) is 35.6 Å². The molecule has 3 rings (SSSR count). The number of hydrogen-bond donors (Lipinski definition) is 1. The van der Waals surface area contributed by atoms with Crippen LogP contribution >= 0.6 is 23.6 Å². The average molecular weight is 329 g/mol. The third kappa shape index (κ3) is 3.20. The van der Waals surface area contributed by atoms with Gasteiger partial charge in [-0.1, -0.05) is 43.3 Å². The first kappa shape index (κ1) is 15.2. The molecule has 2 heterocycles. The van der Waals surface area contributed by atoms with E-state index in [-0.39, 0.29) is 6.04 Å². The van der Waals surface area contributed by atoms with Crippen molar-refractivity contribution < 1.29 is 0 Å². The number of hydrazone groups is 1. The van der Waals surface area contributed by atoms with Crippen molar-refractivity contribution in [1.29, 1.82) is 0 Å². The van der Waals surface area contributed by atoms with Gasteiger partial charge in [-0.2, -0.15) is 5.10 Å². The summed E-state index contributed by atoms with van der Waals surface area (Å²) in [6.07, 6.45) is 1.94. The van der Waals surface area contributed by atoms with Crippen molar-refractivity contribution in [2.24, 2.45) is 5.10 Å². The molecule has 5 heteroatoms. The Morgan fingerprint density at radius 2 is 2.14 bits per heavy atom. The van der Waals surface area contributed by atoms with Gasteiger partial charge >= 0.3 is 0 Å². The highest BCUT2D eigenvalue weighted by molar-refractivity contribution is 7.80. The number of benzene rings is 1. The molecule has 0 saturated heterocycles. The molecule has 1 aromatic heterocycles. The second-order valence-corrected chi connectivity index (χ2v) is 6.59. The predicted molar refractivity (Wildman–Crippen MR) is 97.4 cm³/mol. The molecule has 0 amide bonds. The molecule has 0 saturated carbocycles. The lowest BCUT2D eigenvalue weighted by Gasteiger charge is -2.23. The summed E-state index contributed by atoms with van der Waals surface area (Å²) in [5.41, 5.74) is 2.27. The zero-order valence-electron chi connectivity index (χ0n) is 12.5. The van der Waals surface area contributed by atoms with Gasteiger partial charge in [0.15, 0.2) is 5.11 Å². The molecule has 0 bridgehead atoms. The molecule has 0 fully saturated rings. The third-order valence-corrected chi connectivity index (χ3v) is 4.93. The van der Waals surface area contributed by atoms with Crippen LogP contribution in [-0.2, 0) is 0 Å². The Hall–Kier alpha value is -1.72. The van der Waals surface area contributed by atoms with Crippen LogP contribution < -0.4 is 5.32 Å². The second kappa shape index (κ2) is 7.03. The van der Waals surface area contributed by atoms with Gasteiger partial charge in [-0.25, -0.2) is 5.01 Å². The number of hydrogen-bond acceptors (Lipinski definition) is 3. The molecule has 22 heavy (non-hydrogen) atoms. The average Bonchev–Trinajstić information content (AvgIpc) is 3.22. The molecule has 0 aliphatic carbocycles. The minimum Gasteiger partial charge on any atom is -0.361 e. The fourth-order valence-electron chi connectivity index (χ4n) is 2.52. The van der Waals surface area contributed by atoms with Crippen molar-refractivity contribution in [1.82, 2.24) is 10.3 Å². The topological polar surface area (TPSA) is 27.6 Å². The van der Waals surface area contributed by atoms with Gasteiger partial charge < -0.3 is 5.32 Å². The van der Waals surface area contributed by atoms with Crippen molar-refractivity contribution in [3.63, 3.8) is 0 Å². The summed E-state index contributed by atoms with van der Waals surface area (Å²) in [7, 11) is 0. The van der Waals surface area contributed by atoms with Gasteiger partial charge in [0, 0.05) is 17.8 Å². The van der Waals surface area contributed by atoms with E-state index < -0.39 is 0 Å². The van der Waals surface area contributed by atoms with Gasteiger partial charge in [0.2, 0.25) is 0 Å². The van der Waals surface area contributed by atoms with E-state index in [1.807, 2.05) is 23.2 Å². The lowest BCUT2D eigenvalue weighted by Crippen LogP contribution is -2.36. The summed E-state index contributed by atoms with van der Waals surface area (Å²) in [6.45, 7) is 3.01.